The number of nitrogens with zero attached hydrogens (tertiary/aromatic N) is 3. The predicted octanol–water partition coefficient (Wildman–Crippen LogP) is 3.82. The highest BCUT2D eigenvalue weighted by molar-refractivity contribution is 5.70. The largest absolute Gasteiger partial charge is 0.256 e. The molecule has 0 saturated carbocycles. The van der Waals surface area contributed by atoms with E-state index >= 15 is 0 Å². The summed E-state index contributed by atoms with van der Waals surface area (Å²) >= 11 is 0. The van der Waals surface area contributed by atoms with E-state index in [0.717, 1.165) is 28.3 Å². The lowest BCUT2D eigenvalue weighted by molar-refractivity contribution is 1.06. The number of benzene rings is 1. The van der Waals surface area contributed by atoms with Gasteiger partial charge in [0.1, 0.15) is 5.82 Å². The molecule has 0 radical (unpaired) electrons. The SMILES string of the molecule is Cc1nccc(-c2ccnc(-c3ccccc3C)c2)n1. The molecule has 2 heterocycles. The zero-order valence-corrected chi connectivity index (χ0v) is 11.5. The van der Waals surface area contributed by atoms with E-state index in [4.69, 9.17) is 0 Å². The van der Waals surface area contributed by atoms with Crippen LogP contribution in [0.1, 0.15) is 11.4 Å². The summed E-state index contributed by atoms with van der Waals surface area (Å²) in [5.74, 6) is 0.775. The molecule has 98 valence electrons. The van der Waals surface area contributed by atoms with Gasteiger partial charge in [0.25, 0.3) is 0 Å². The average molecular weight is 261 g/mol. The Kier molecular flexibility index (Phi) is 3.25. The molecule has 3 aromatic rings. The maximum atomic E-state index is 4.48. The van der Waals surface area contributed by atoms with Gasteiger partial charge in [-0.2, -0.15) is 0 Å². The monoisotopic (exact) mass is 261 g/mol. The maximum Gasteiger partial charge on any atom is 0.125 e. The van der Waals surface area contributed by atoms with Crippen molar-refractivity contribution < 1.29 is 0 Å². The van der Waals surface area contributed by atoms with Gasteiger partial charge >= 0.3 is 0 Å². The number of hydrogen-bond donors (Lipinski definition) is 0. The summed E-state index contributed by atoms with van der Waals surface area (Å²) in [5, 5.41) is 0. The summed E-state index contributed by atoms with van der Waals surface area (Å²) in [5.41, 5.74) is 5.33. The number of aromatic nitrogens is 3. The number of rotatable bonds is 2. The standard InChI is InChI=1S/C17H15N3/c1-12-5-3-4-6-15(12)17-11-14(7-9-19-17)16-8-10-18-13(2)20-16/h3-11H,1-2H3. The van der Waals surface area contributed by atoms with Gasteiger partial charge in [-0.3, -0.25) is 4.98 Å². The highest BCUT2D eigenvalue weighted by atomic mass is 14.9. The lowest BCUT2D eigenvalue weighted by atomic mass is 10.0. The van der Waals surface area contributed by atoms with E-state index in [2.05, 4.69) is 40.1 Å². The van der Waals surface area contributed by atoms with E-state index < -0.39 is 0 Å². The minimum atomic E-state index is 0.775. The molecule has 0 aliphatic carbocycles. The van der Waals surface area contributed by atoms with Crippen molar-refractivity contribution in [2.75, 3.05) is 0 Å². The van der Waals surface area contributed by atoms with Gasteiger partial charge in [-0.1, -0.05) is 24.3 Å². The van der Waals surface area contributed by atoms with Crippen LogP contribution in [0.15, 0.2) is 54.9 Å². The molecule has 2 aromatic heterocycles. The molecule has 0 fully saturated rings. The molecule has 3 rings (SSSR count). The van der Waals surface area contributed by atoms with Crippen LogP contribution in [0.3, 0.4) is 0 Å². The minimum absolute atomic E-state index is 0.775. The topological polar surface area (TPSA) is 38.7 Å². The molecule has 0 unspecified atom stereocenters. The highest BCUT2D eigenvalue weighted by Gasteiger charge is 2.06. The summed E-state index contributed by atoms with van der Waals surface area (Å²) in [4.78, 5) is 13.1. The summed E-state index contributed by atoms with van der Waals surface area (Å²) in [7, 11) is 0. The molecule has 0 amide bonds. The molecule has 0 N–H and O–H groups in total. The van der Waals surface area contributed by atoms with E-state index in [1.807, 2.05) is 37.4 Å². The number of aryl methyl sites for hydroxylation is 2. The fraction of sp³-hybridized carbons (Fsp3) is 0.118. The van der Waals surface area contributed by atoms with E-state index in [9.17, 15) is 0 Å². The van der Waals surface area contributed by atoms with Crippen LogP contribution >= 0.6 is 0 Å². The van der Waals surface area contributed by atoms with Gasteiger partial charge in [0.2, 0.25) is 0 Å². The molecule has 0 aliphatic rings. The normalized spacial score (nSPS) is 10.5. The molecule has 3 heteroatoms. The zero-order chi connectivity index (χ0) is 13.9. The first-order valence-corrected chi connectivity index (χ1v) is 6.56. The molecule has 0 spiro atoms. The van der Waals surface area contributed by atoms with E-state index in [0.29, 0.717) is 0 Å². The third kappa shape index (κ3) is 2.43. The fourth-order valence-electron chi connectivity index (χ4n) is 2.21. The van der Waals surface area contributed by atoms with Gasteiger partial charge in [-0.05, 0) is 37.6 Å². The molecular weight excluding hydrogens is 246 g/mol. The second-order valence-corrected chi connectivity index (χ2v) is 4.73. The van der Waals surface area contributed by atoms with Gasteiger partial charge < -0.3 is 0 Å². The highest BCUT2D eigenvalue weighted by Crippen LogP contribution is 2.25. The van der Waals surface area contributed by atoms with Crippen LogP contribution in [0.25, 0.3) is 22.5 Å². The second-order valence-electron chi connectivity index (χ2n) is 4.73. The number of pyridine rings is 1. The Labute approximate surface area is 118 Å². The summed E-state index contributed by atoms with van der Waals surface area (Å²) < 4.78 is 0. The van der Waals surface area contributed by atoms with Crippen LogP contribution in [0.5, 0.6) is 0 Å². The molecule has 3 nitrogen and oxygen atoms in total. The van der Waals surface area contributed by atoms with Gasteiger partial charge in [-0.15, -0.1) is 0 Å². The summed E-state index contributed by atoms with van der Waals surface area (Å²) in [6, 6.07) is 14.2. The quantitative estimate of drug-likeness (QED) is 0.704. The van der Waals surface area contributed by atoms with E-state index in [-0.39, 0.29) is 0 Å². The first kappa shape index (κ1) is 12.5. The van der Waals surface area contributed by atoms with E-state index in [1.165, 1.54) is 5.56 Å². The average Bonchev–Trinajstić information content (AvgIpc) is 2.48. The first-order valence-electron chi connectivity index (χ1n) is 6.56. The van der Waals surface area contributed by atoms with Crippen molar-refractivity contribution in [3.8, 4) is 22.5 Å². The van der Waals surface area contributed by atoms with Crippen LogP contribution in [0.2, 0.25) is 0 Å². The summed E-state index contributed by atoms with van der Waals surface area (Å²) in [6.07, 6.45) is 3.61. The summed E-state index contributed by atoms with van der Waals surface area (Å²) in [6.45, 7) is 3.99. The lowest BCUT2D eigenvalue weighted by Crippen LogP contribution is -1.92. The molecule has 1 aromatic carbocycles. The molecule has 20 heavy (non-hydrogen) atoms. The number of hydrogen-bond acceptors (Lipinski definition) is 3. The fourth-order valence-corrected chi connectivity index (χ4v) is 2.21. The zero-order valence-electron chi connectivity index (χ0n) is 11.5. The molecule has 0 saturated heterocycles. The van der Waals surface area contributed by atoms with Crippen molar-refractivity contribution in [1.29, 1.82) is 0 Å². The van der Waals surface area contributed by atoms with Crippen molar-refractivity contribution in [3.05, 3.63) is 66.2 Å². The second kappa shape index (κ2) is 5.21. The Morgan fingerprint density at radius 2 is 1.60 bits per heavy atom. The van der Waals surface area contributed by atoms with Crippen LogP contribution in [-0.4, -0.2) is 15.0 Å². The maximum absolute atomic E-state index is 4.48. The molecular formula is C17H15N3. The Morgan fingerprint density at radius 1 is 0.800 bits per heavy atom. The smallest absolute Gasteiger partial charge is 0.125 e. The van der Waals surface area contributed by atoms with Crippen molar-refractivity contribution in [2.45, 2.75) is 13.8 Å². The van der Waals surface area contributed by atoms with Crippen LogP contribution in [0.4, 0.5) is 0 Å². The third-order valence-corrected chi connectivity index (χ3v) is 3.25. The Bertz CT molecular complexity index is 750. The predicted molar refractivity (Wildman–Crippen MR) is 80.2 cm³/mol. The molecule has 0 bridgehead atoms. The Balaban J connectivity index is 2.09. The van der Waals surface area contributed by atoms with Crippen molar-refractivity contribution in [3.63, 3.8) is 0 Å². The van der Waals surface area contributed by atoms with Crippen LogP contribution in [-0.2, 0) is 0 Å². The minimum Gasteiger partial charge on any atom is -0.256 e. The van der Waals surface area contributed by atoms with Gasteiger partial charge in [-0.25, -0.2) is 9.97 Å². The first-order chi connectivity index (χ1) is 9.74. The molecule has 0 aliphatic heterocycles. The van der Waals surface area contributed by atoms with Crippen molar-refractivity contribution >= 4 is 0 Å². The third-order valence-electron chi connectivity index (χ3n) is 3.25. The Hall–Kier alpha value is -2.55. The van der Waals surface area contributed by atoms with Crippen molar-refractivity contribution in [1.82, 2.24) is 15.0 Å². The Morgan fingerprint density at radius 3 is 2.40 bits per heavy atom. The van der Waals surface area contributed by atoms with Crippen LogP contribution in [0, 0.1) is 13.8 Å². The van der Waals surface area contributed by atoms with Crippen molar-refractivity contribution in [2.24, 2.45) is 0 Å². The van der Waals surface area contributed by atoms with Gasteiger partial charge in [0.05, 0.1) is 11.4 Å². The van der Waals surface area contributed by atoms with Gasteiger partial charge in [0.15, 0.2) is 0 Å². The lowest BCUT2D eigenvalue weighted by Gasteiger charge is -2.07. The van der Waals surface area contributed by atoms with Gasteiger partial charge in [0, 0.05) is 23.5 Å². The van der Waals surface area contributed by atoms with E-state index in [1.54, 1.807) is 6.20 Å². The van der Waals surface area contributed by atoms with Crippen LogP contribution < -0.4 is 0 Å². The molecule has 0 atom stereocenters.